The van der Waals surface area contributed by atoms with Crippen LogP contribution in [0.1, 0.15) is 38.3 Å². The zero-order valence-electron chi connectivity index (χ0n) is 22.7. The molecule has 3 rings (SSSR count). The van der Waals surface area contributed by atoms with Crippen molar-refractivity contribution in [3.8, 4) is 0 Å². The molecule has 214 valence electrons. The molecule has 0 spiro atoms. The van der Waals surface area contributed by atoms with Gasteiger partial charge < -0.3 is 10.2 Å². The van der Waals surface area contributed by atoms with Crippen LogP contribution in [0.4, 0.5) is 5.69 Å². The molecule has 3 aromatic carbocycles. The number of rotatable bonds is 11. The number of benzene rings is 3. The zero-order chi connectivity index (χ0) is 29.6. The van der Waals surface area contributed by atoms with E-state index < -0.39 is 28.5 Å². The van der Waals surface area contributed by atoms with Crippen LogP contribution < -0.4 is 9.62 Å². The summed E-state index contributed by atoms with van der Waals surface area (Å²) in [7, 11) is -4.26. The lowest BCUT2D eigenvalue weighted by Gasteiger charge is -2.32. The van der Waals surface area contributed by atoms with E-state index in [0.717, 1.165) is 15.4 Å². The minimum absolute atomic E-state index is 0.0144. The second-order valence-corrected chi connectivity index (χ2v) is 12.6. The van der Waals surface area contributed by atoms with E-state index in [1.165, 1.54) is 29.2 Å². The molecule has 0 bridgehead atoms. The van der Waals surface area contributed by atoms with Crippen molar-refractivity contribution in [3.63, 3.8) is 0 Å². The fourth-order valence-corrected chi connectivity index (χ4v) is 5.87. The van der Waals surface area contributed by atoms with Crippen LogP contribution in [0.5, 0.6) is 0 Å². The average molecular weight is 625 g/mol. The minimum Gasteiger partial charge on any atom is -0.352 e. The lowest BCUT2D eigenvalue weighted by atomic mass is 10.1. The standard InChI is InChI=1S/C29H32Cl3N3O4S/c1-5-20(3)33-29(37)21(4)34(17-22-11-13-23(30)14-12-22)27(36)18-35(26-8-6-7-25(31)28(26)32)40(38,39)24-15-9-19(2)10-16-24/h6-16,20-21H,5,17-18H2,1-4H3,(H,33,37)/t20-,21+/m0/s1. The Labute approximate surface area is 251 Å². The van der Waals surface area contributed by atoms with E-state index >= 15 is 0 Å². The van der Waals surface area contributed by atoms with Crippen molar-refractivity contribution in [2.75, 3.05) is 10.8 Å². The highest BCUT2D eigenvalue weighted by atomic mass is 35.5. The van der Waals surface area contributed by atoms with Gasteiger partial charge in [0.25, 0.3) is 10.0 Å². The molecule has 0 aliphatic rings. The van der Waals surface area contributed by atoms with Crippen molar-refractivity contribution < 1.29 is 18.0 Å². The van der Waals surface area contributed by atoms with Crippen molar-refractivity contribution in [2.24, 2.45) is 0 Å². The Morgan fingerprint density at radius 3 is 2.15 bits per heavy atom. The fraction of sp³-hybridized carbons (Fsp3) is 0.310. The second-order valence-electron chi connectivity index (χ2n) is 9.54. The summed E-state index contributed by atoms with van der Waals surface area (Å²) in [5.74, 6) is -0.959. The van der Waals surface area contributed by atoms with E-state index in [-0.39, 0.29) is 39.1 Å². The highest BCUT2D eigenvalue weighted by Gasteiger charge is 2.34. The van der Waals surface area contributed by atoms with E-state index in [4.69, 9.17) is 34.8 Å². The molecule has 7 nitrogen and oxygen atoms in total. The fourth-order valence-electron chi connectivity index (χ4n) is 3.87. The molecule has 0 radical (unpaired) electrons. The summed E-state index contributed by atoms with van der Waals surface area (Å²) < 4.78 is 28.8. The van der Waals surface area contributed by atoms with Crippen molar-refractivity contribution in [2.45, 2.75) is 57.6 Å². The van der Waals surface area contributed by atoms with Crippen LogP contribution >= 0.6 is 34.8 Å². The molecule has 2 amide bonds. The van der Waals surface area contributed by atoms with Gasteiger partial charge in [-0.15, -0.1) is 0 Å². The summed E-state index contributed by atoms with van der Waals surface area (Å²) in [5, 5.41) is 3.54. The van der Waals surface area contributed by atoms with E-state index in [9.17, 15) is 18.0 Å². The molecule has 2 atom stereocenters. The number of hydrogen-bond donors (Lipinski definition) is 1. The predicted octanol–water partition coefficient (Wildman–Crippen LogP) is 6.48. The maximum absolute atomic E-state index is 14.0. The van der Waals surface area contributed by atoms with Gasteiger partial charge in [-0.2, -0.15) is 0 Å². The molecule has 0 aliphatic carbocycles. The van der Waals surface area contributed by atoms with Crippen LogP contribution in [0, 0.1) is 6.92 Å². The van der Waals surface area contributed by atoms with Gasteiger partial charge in [-0.3, -0.25) is 13.9 Å². The number of aryl methyl sites for hydroxylation is 1. The minimum atomic E-state index is -4.26. The largest absolute Gasteiger partial charge is 0.352 e. The summed E-state index contributed by atoms with van der Waals surface area (Å²) in [6.07, 6.45) is 0.708. The first-order chi connectivity index (χ1) is 18.8. The van der Waals surface area contributed by atoms with Gasteiger partial charge in [0.2, 0.25) is 11.8 Å². The molecule has 11 heteroatoms. The van der Waals surface area contributed by atoms with Gasteiger partial charge >= 0.3 is 0 Å². The monoisotopic (exact) mass is 623 g/mol. The van der Waals surface area contributed by atoms with Crippen LogP contribution in [-0.2, 0) is 26.2 Å². The number of sulfonamides is 1. The molecule has 1 N–H and O–H groups in total. The Morgan fingerprint density at radius 1 is 0.925 bits per heavy atom. The van der Waals surface area contributed by atoms with Gasteiger partial charge in [0.1, 0.15) is 12.6 Å². The quantitative estimate of drug-likeness (QED) is 0.265. The first-order valence-corrected chi connectivity index (χ1v) is 15.3. The molecule has 0 unspecified atom stereocenters. The predicted molar refractivity (Wildman–Crippen MR) is 162 cm³/mol. The topological polar surface area (TPSA) is 86.8 Å². The van der Waals surface area contributed by atoms with Gasteiger partial charge in [0.15, 0.2) is 0 Å². The summed E-state index contributed by atoms with van der Waals surface area (Å²) in [5.41, 5.74) is 1.64. The highest BCUT2D eigenvalue weighted by molar-refractivity contribution is 7.92. The summed E-state index contributed by atoms with van der Waals surface area (Å²) >= 11 is 18.7. The zero-order valence-corrected chi connectivity index (χ0v) is 25.8. The Morgan fingerprint density at radius 2 is 1.55 bits per heavy atom. The third-order valence-electron chi connectivity index (χ3n) is 6.52. The van der Waals surface area contributed by atoms with Gasteiger partial charge in [-0.1, -0.05) is 77.6 Å². The average Bonchev–Trinajstić information content (AvgIpc) is 2.92. The van der Waals surface area contributed by atoms with Crippen molar-refractivity contribution in [3.05, 3.63) is 92.9 Å². The highest BCUT2D eigenvalue weighted by Crippen LogP contribution is 2.35. The first-order valence-electron chi connectivity index (χ1n) is 12.7. The molecule has 0 aromatic heterocycles. The van der Waals surface area contributed by atoms with Crippen molar-refractivity contribution in [1.29, 1.82) is 0 Å². The Kier molecular flexibility index (Phi) is 10.9. The van der Waals surface area contributed by atoms with Gasteiger partial charge in [0.05, 0.1) is 20.6 Å². The molecule has 0 saturated heterocycles. The molecule has 0 aliphatic heterocycles. The third-order valence-corrected chi connectivity index (χ3v) is 9.36. The first kappa shape index (κ1) is 31.7. The number of nitrogens with one attached hydrogen (secondary N) is 1. The van der Waals surface area contributed by atoms with E-state index in [0.29, 0.717) is 11.4 Å². The number of carbonyl (C=O) groups excluding carboxylic acids is 2. The number of hydrogen-bond acceptors (Lipinski definition) is 4. The molecule has 40 heavy (non-hydrogen) atoms. The summed E-state index contributed by atoms with van der Waals surface area (Å²) in [4.78, 5) is 28.4. The summed E-state index contributed by atoms with van der Waals surface area (Å²) in [6.45, 7) is 6.68. The van der Waals surface area contributed by atoms with Crippen LogP contribution in [0.3, 0.4) is 0 Å². The Hall–Kier alpha value is -2.78. The smallest absolute Gasteiger partial charge is 0.264 e. The van der Waals surface area contributed by atoms with Gasteiger partial charge in [-0.05, 0) is 69.2 Å². The molecule has 3 aromatic rings. The molecule has 0 heterocycles. The Bertz CT molecular complexity index is 1450. The number of carbonyl (C=O) groups is 2. The van der Waals surface area contributed by atoms with E-state index in [1.807, 2.05) is 20.8 Å². The van der Waals surface area contributed by atoms with Crippen LogP contribution in [0.2, 0.25) is 15.1 Å². The summed E-state index contributed by atoms with van der Waals surface area (Å²) in [6, 6.07) is 16.7. The van der Waals surface area contributed by atoms with Gasteiger partial charge in [-0.25, -0.2) is 8.42 Å². The third kappa shape index (κ3) is 7.69. The molecular weight excluding hydrogens is 593 g/mol. The second kappa shape index (κ2) is 13.7. The normalized spacial score (nSPS) is 12.9. The van der Waals surface area contributed by atoms with Crippen molar-refractivity contribution >= 4 is 62.3 Å². The van der Waals surface area contributed by atoms with Crippen LogP contribution in [0.15, 0.2) is 71.6 Å². The maximum atomic E-state index is 14.0. The van der Waals surface area contributed by atoms with Crippen LogP contribution in [0.25, 0.3) is 0 Å². The molecule has 0 fully saturated rings. The Balaban J connectivity index is 2.06. The number of amides is 2. The SMILES string of the molecule is CC[C@H](C)NC(=O)[C@@H](C)N(Cc1ccc(Cl)cc1)C(=O)CN(c1cccc(Cl)c1Cl)S(=O)(=O)c1ccc(C)cc1. The van der Waals surface area contributed by atoms with Crippen molar-refractivity contribution in [1.82, 2.24) is 10.2 Å². The number of nitrogens with zero attached hydrogens (tertiary/aromatic N) is 2. The van der Waals surface area contributed by atoms with E-state index in [2.05, 4.69) is 5.32 Å². The lowest BCUT2D eigenvalue weighted by molar-refractivity contribution is -0.139. The molecular formula is C29H32Cl3N3O4S. The maximum Gasteiger partial charge on any atom is 0.264 e. The van der Waals surface area contributed by atoms with Gasteiger partial charge in [0, 0.05) is 17.6 Å². The van der Waals surface area contributed by atoms with Crippen LogP contribution in [-0.4, -0.2) is 43.8 Å². The lowest BCUT2D eigenvalue weighted by Crippen LogP contribution is -2.52. The van der Waals surface area contributed by atoms with E-state index in [1.54, 1.807) is 49.4 Å². The number of halogens is 3. The number of anilines is 1. The molecule has 0 saturated carbocycles.